The van der Waals surface area contributed by atoms with Crippen LogP contribution in [0.1, 0.15) is 48.8 Å². The molecule has 1 saturated heterocycles. The lowest BCUT2D eigenvalue weighted by atomic mass is 10.0. The number of pyridine rings is 2. The molecule has 0 aromatic carbocycles. The molecular formula is C22H27N5O. The minimum Gasteiger partial charge on any atom is -0.383 e. The van der Waals surface area contributed by atoms with E-state index in [0.29, 0.717) is 28.8 Å². The second-order valence-electron chi connectivity index (χ2n) is 7.43. The fourth-order valence-electron chi connectivity index (χ4n) is 3.53. The molecule has 1 aliphatic rings. The highest BCUT2D eigenvalue weighted by molar-refractivity contribution is 6.11. The summed E-state index contributed by atoms with van der Waals surface area (Å²) in [6.07, 6.45) is 2.67. The van der Waals surface area contributed by atoms with Crippen LogP contribution in [0, 0.1) is 17.8 Å². The molecule has 2 aromatic heterocycles. The molecule has 28 heavy (non-hydrogen) atoms. The molecule has 1 aliphatic heterocycles. The molecule has 1 fully saturated rings. The Kier molecular flexibility index (Phi) is 6.27. The van der Waals surface area contributed by atoms with Gasteiger partial charge in [0.05, 0.1) is 11.1 Å². The van der Waals surface area contributed by atoms with Gasteiger partial charge in [-0.1, -0.05) is 19.8 Å². The smallest absolute Gasteiger partial charge is 0.216 e. The van der Waals surface area contributed by atoms with E-state index in [1.165, 1.54) is 0 Å². The maximum atomic E-state index is 13.1. The van der Waals surface area contributed by atoms with Crippen molar-refractivity contribution in [2.24, 2.45) is 5.92 Å². The molecule has 2 aromatic rings. The van der Waals surface area contributed by atoms with E-state index in [2.05, 4.69) is 40.9 Å². The molecule has 0 amide bonds. The zero-order chi connectivity index (χ0) is 20.1. The van der Waals surface area contributed by atoms with Crippen LogP contribution in [0.15, 0.2) is 30.5 Å². The Labute approximate surface area is 166 Å². The van der Waals surface area contributed by atoms with E-state index in [0.717, 1.165) is 31.9 Å². The molecule has 0 spiro atoms. The first-order valence-electron chi connectivity index (χ1n) is 9.67. The van der Waals surface area contributed by atoms with Crippen LogP contribution in [-0.4, -0.2) is 41.4 Å². The van der Waals surface area contributed by atoms with E-state index in [9.17, 15) is 4.79 Å². The summed E-state index contributed by atoms with van der Waals surface area (Å²) in [5, 5.41) is 3.57. The lowest BCUT2D eigenvalue weighted by Crippen LogP contribution is -2.51. The van der Waals surface area contributed by atoms with Crippen molar-refractivity contribution in [3.05, 3.63) is 47.3 Å². The van der Waals surface area contributed by atoms with Gasteiger partial charge in [0.1, 0.15) is 17.3 Å². The highest BCUT2D eigenvalue weighted by atomic mass is 16.1. The maximum Gasteiger partial charge on any atom is 0.216 e. The molecule has 146 valence electrons. The summed E-state index contributed by atoms with van der Waals surface area (Å²) >= 11 is 0. The number of piperazine rings is 1. The molecule has 6 nitrogen and oxygen atoms in total. The molecule has 3 N–H and O–H groups in total. The van der Waals surface area contributed by atoms with Crippen molar-refractivity contribution in [3.63, 3.8) is 0 Å². The van der Waals surface area contributed by atoms with Gasteiger partial charge < -0.3 is 16.0 Å². The summed E-state index contributed by atoms with van der Waals surface area (Å²) in [5.74, 6) is 7.22. The molecule has 1 atom stereocenters. The van der Waals surface area contributed by atoms with Gasteiger partial charge >= 0.3 is 0 Å². The Morgan fingerprint density at radius 3 is 2.93 bits per heavy atom. The summed E-state index contributed by atoms with van der Waals surface area (Å²) in [5.41, 5.74) is 7.19. The summed E-state index contributed by atoms with van der Waals surface area (Å²) in [6, 6.07) is 7.61. The van der Waals surface area contributed by atoms with E-state index in [-0.39, 0.29) is 11.6 Å². The van der Waals surface area contributed by atoms with Crippen molar-refractivity contribution in [2.45, 2.75) is 33.2 Å². The standard InChI is InChI=1S/C22H27N5O/c1-4-6-16-8-9-19(27-12-11-24-17(14-27)13-15(2)3)26-20(16)21(28)18-7-5-10-25-22(18)23/h5,7-10,15,17,24H,11-14H2,1-3H3,(H2,23,25)/t17-/m1/s1. The van der Waals surface area contributed by atoms with Gasteiger partial charge in [0, 0.05) is 31.9 Å². The van der Waals surface area contributed by atoms with Crippen LogP contribution in [0.4, 0.5) is 11.6 Å². The summed E-state index contributed by atoms with van der Waals surface area (Å²) < 4.78 is 0. The Morgan fingerprint density at radius 2 is 2.21 bits per heavy atom. The zero-order valence-electron chi connectivity index (χ0n) is 16.7. The third-order valence-corrected chi connectivity index (χ3v) is 4.77. The van der Waals surface area contributed by atoms with Crippen LogP contribution < -0.4 is 16.0 Å². The fraction of sp³-hybridized carbons (Fsp3) is 0.409. The Bertz CT molecular complexity index is 913. The number of carbonyl (C=O) groups is 1. The molecule has 0 saturated carbocycles. The average Bonchev–Trinajstić information content (AvgIpc) is 2.68. The molecule has 3 rings (SSSR count). The van der Waals surface area contributed by atoms with Gasteiger partial charge in [0.25, 0.3) is 0 Å². The molecular weight excluding hydrogens is 350 g/mol. The number of anilines is 2. The number of nitrogens with two attached hydrogens (primary N) is 1. The first-order valence-corrected chi connectivity index (χ1v) is 9.67. The molecule has 0 radical (unpaired) electrons. The van der Waals surface area contributed by atoms with Crippen LogP contribution in [0.2, 0.25) is 0 Å². The first-order chi connectivity index (χ1) is 13.5. The van der Waals surface area contributed by atoms with Crippen LogP contribution >= 0.6 is 0 Å². The summed E-state index contributed by atoms with van der Waals surface area (Å²) in [4.78, 5) is 24.1. The zero-order valence-corrected chi connectivity index (χ0v) is 16.7. The maximum absolute atomic E-state index is 13.1. The number of hydrogen-bond donors (Lipinski definition) is 2. The SMILES string of the molecule is CC#Cc1ccc(N2CCN[C@H](CC(C)C)C2)nc1C(=O)c1cccnc1N. The lowest BCUT2D eigenvalue weighted by Gasteiger charge is -2.35. The highest BCUT2D eigenvalue weighted by Gasteiger charge is 2.24. The minimum atomic E-state index is -0.251. The molecule has 0 bridgehead atoms. The fourth-order valence-corrected chi connectivity index (χ4v) is 3.53. The Hall–Kier alpha value is -2.91. The molecule has 0 aliphatic carbocycles. The number of nitrogen functional groups attached to an aromatic ring is 1. The monoisotopic (exact) mass is 377 g/mol. The van der Waals surface area contributed by atoms with Gasteiger partial charge in [0.2, 0.25) is 5.78 Å². The van der Waals surface area contributed by atoms with Crippen LogP contribution in [-0.2, 0) is 0 Å². The molecule has 6 heteroatoms. The minimum absolute atomic E-state index is 0.203. The van der Waals surface area contributed by atoms with E-state index in [1.54, 1.807) is 25.3 Å². The topological polar surface area (TPSA) is 84.1 Å². The van der Waals surface area contributed by atoms with Gasteiger partial charge in [0.15, 0.2) is 0 Å². The van der Waals surface area contributed by atoms with E-state index in [4.69, 9.17) is 10.7 Å². The third kappa shape index (κ3) is 4.49. The van der Waals surface area contributed by atoms with Crippen molar-refractivity contribution in [3.8, 4) is 11.8 Å². The van der Waals surface area contributed by atoms with Gasteiger partial charge in [-0.15, -0.1) is 5.92 Å². The summed E-state index contributed by atoms with van der Waals surface area (Å²) in [7, 11) is 0. The number of aromatic nitrogens is 2. The third-order valence-electron chi connectivity index (χ3n) is 4.77. The predicted molar refractivity (Wildman–Crippen MR) is 112 cm³/mol. The highest BCUT2D eigenvalue weighted by Crippen LogP contribution is 2.21. The van der Waals surface area contributed by atoms with E-state index in [1.807, 2.05) is 12.1 Å². The van der Waals surface area contributed by atoms with Gasteiger partial charge in [-0.25, -0.2) is 9.97 Å². The van der Waals surface area contributed by atoms with Crippen LogP contribution in [0.25, 0.3) is 0 Å². The average molecular weight is 377 g/mol. The molecule has 0 unspecified atom stereocenters. The predicted octanol–water partition coefficient (Wildman–Crippen LogP) is 2.49. The van der Waals surface area contributed by atoms with Crippen LogP contribution in [0.3, 0.4) is 0 Å². The second-order valence-corrected chi connectivity index (χ2v) is 7.43. The second kappa shape index (κ2) is 8.85. The number of rotatable bonds is 5. The van der Waals surface area contributed by atoms with Crippen molar-refractivity contribution < 1.29 is 4.79 Å². The quantitative estimate of drug-likeness (QED) is 0.615. The molecule has 3 heterocycles. The number of nitrogens with one attached hydrogen (secondary N) is 1. The van der Waals surface area contributed by atoms with Gasteiger partial charge in [-0.2, -0.15) is 0 Å². The van der Waals surface area contributed by atoms with E-state index < -0.39 is 0 Å². The largest absolute Gasteiger partial charge is 0.383 e. The van der Waals surface area contributed by atoms with Crippen molar-refractivity contribution in [1.29, 1.82) is 0 Å². The number of ketones is 1. The van der Waals surface area contributed by atoms with Crippen molar-refractivity contribution in [2.75, 3.05) is 30.3 Å². The normalized spacial score (nSPS) is 16.6. The van der Waals surface area contributed by atoms with E-state index >= 15 is 0 Å². The van der Waals surface area contributed by atoms with Gasteiger partial charge in [-0.3, -0.25) is 4.79 Å². The van der Waals surface area contributed by atoms with Crippen molar-refractivity contribution in [1.82, 2.24) is 15.3 Å². The number of nitrogens with zero attached hydrogens (tertiary/aromatic N) is 3. The number of hydrogen-bond acceptors (Lipinski definition) is 6. The van der Waals surface area contributed by atoms with Gasteiger partial charge in [-0.05, 0) is 43.5 Å². The van der Waals surface area contributed by atoms with Crippen LogP contribution in [0.5, 0.6) is 0 Å². The van der Waals surface area contributed by atoms with Crippen molar-refractivity contribution >= 4 is 17.4 Å². The Balaban J connectivity index is 1.94. The Morgan fingerprint density at radius 1 is 1.39 bits per heavy atom. The number of carbonyl (C=O) groups excluding carboxylic acids is 1. The first kappa shape index (κ1) is 19.8. The lowest BCUT2D eigenvalue weighted by molar-refractivity contribution is 0.103. The summed E-state index contributed by atoms with van der Waals surface area (Å²) in [6.45, 7) is 8.82.